The summed E-state index contributed by atoms with van der Waals surface area (Å²) in [4.78, 5) is 4.14. The number of hydrogen-bond donors (Lipinski definition) is 0. The van der Waals surface area contributed by atoms with Gasteiger partial charge in [-0.3, -0.25) is 0 Å². The van der Waals surface area contributed by atoms with Crippen molar-refractivity contribution in [3.8, 4) is 0 Å². The summed E-state index contributed by atoms with van der Waals surface area (Å²) in [5.41, 5.74) is 1.88. The van der Waals surface area contributed by atoms with Gasteiger partial charge in [0.05, 0.1) is 0 Å². The molecule has 0 bridgehead atoms. The lowest BCUT2D eigenvalue weighted by molar-refractivity contribution is 0.829. The zero-order chi connectivity index (χ0) is 9.42. The maximum absolute atomic E-state index is 6.00. The minimum Gasteiger partial charge on any atom is -0.236 e. The number of aromatic nitrogens is 3. The molecule has 0 fully saturated rings. The summed E-state index contributed by atoms with van der Waals surface area (Å²) < 4.78 is 1.67. The third-order valence-corrected chi connectivity index (χ3v) is 2.28. The van der Waals surface area contributed by atoms with Crippen LogP contribution in [0.15, 0.2) is 18.5 Å². The molecule has 0 aliphatic heterocycles. The standard InChI is InChI=1S/C9H10ClN3/c1-6(2)7-5-8-11-3-4-13(8)12-9(7)10/h3-6H,1-2H3. The zero-order valence-electron chi connectivity index (χ0n) is 7.53. The van der Waals surface area contributed by atoms with E-state index < -0.39 is 0 Å². The van der Waals surface area contributed by atoms with Crippen LogP contribution in [0.3, 0.4) is 0 Å². The largest absolute Gasteiger partial charge is 0.236 e. The van der Waals surface area contributed by atoms with Crippen molar-refractivity contribution < 1.29 is 0 Å². The van der Waals surface area contributed by atoms with Crippen molar-refractivity contribution in [2.45, 2.75) is 19.8 Å². The van der Waals surface area contributed by atoms with Crippen LogP contribution in [0.2, 0.25) is 5.15 Å². The molecule has 2 heterocycles. The molecule has 0 saturated heterocycles. The van der Waals surface area contributed by atoms with Crippen LogP contribution in [0, 0.1) is 0 Å². The smallest absolute Gasteiger partial charge is 0.153 e. The van der Waals surface area contributed by atoms with Gasteiger partial charge in [0.1, 0.15) is 0 Å². The molecule has 3 nitrogen and oxygen atoms in total. The van der Waals surface area contributed by atoms with Crippen molar-refractivity contribution in [2.75, 3.05) is 0 Å². The molecular formula is C9H10ClN3. The predicted molar refractivity (Wildman–Crippen MR) is 52.1 cm³/mol. The second-order valence-corrected chi connectivity index (χ2v) is 3.63. The van der Waals surface area contributed by atoms with E-state index in [0.29, 0.717) is 11.1 Å². The molecule has 0 spiro atoms. The average molecular weight is 196 g/mol. The van der Waals surface area contributed by atoms with Crippen molar-refractivity contribution in [3.05, 3.63) is 29.2 Å². The highest BCUT2D eigenvalue weighted by Crippen LogP contribution is 2.22. The molecule has 2 aromatic heterocycles. The summed E-state index contributed by atoms with van der Waals surface area (Å²) in [7, 11) is 0. The van der Waals surface area contributed by atoms with Gasteiger partial charge in [0.2, 0.25) is 0 Å². The van der Waals surface area contributed by atoms with Crippen LogP contribution in [0.5, 0.6) is 0 Å². The minimum atomic E-state index is 0.377. The van der Waals surface area contributed by atoms with Crippen LogP contribution < -0.4 is 0 Å². The van der Waals surface area contributed by atoms with Gasteiger partial charge >= 0.3 is 0 Å². The molecule has 0 saturated carbocycles. The van der Waals surface area contributed by atoms with Gasteiger partial charge in [-0.25, -0.2) is 9.50 Å². The first-order valence-electron chi connectivity index (χ1n) is 4.18. The number of nitrogens with zero attached hydrogens (tertiary/aromatic N) is 3. The summed E-state index contributed by atoms with van der Waals surface area (Å²) in [5.74, 6) is 0.377. The summed E-state index contributed by atoms with van der Waals surface area (Å²) in [5, 5.41) is 4.73. The molecule has 0 aromatic carbocycles. The Morgan fingerprint density at radius 1 is 1.46 bits per heavy atom. The highest BCUT2D eigenvalue weighted by Gasteiger charge is 2.08. The number of rotatable bonds is 1. The maximum atomic E-state index is 6.00. The van der Waals surface area contributed by atoms with Crippen molar-refractivity contribution in [2.24, 2.45) is 0 Å². The third-order valence-electron chi connectivity index (χ3n) is 1.99. The highest BCUT2D eigenvalue weighted by atomic mass is 35.5. The van der Waals surface area contributed by atoms with Gasteiger partial charge in [0.15, 0.2) is 10.8 Å². The lowest BCUT2D eigenvalue weighted by Crippen LogP contribution is -1.97. The molecule has 4 heteroatoms. The summed E-state index contributed by atoms with van der Waals surface area (Å²) >= 11 is 6.00. The fourth-order valence-electron chi connectivity index (χ4n) is 1.25. The van der Waals surface area contributed by atoms with Gasteiger partial charge in [-0.1, -0.05) is 25.4 Å². The van der Waals surface area contributed by atoms with E-state index in [1.807, 2.05) is 6.07 Å². The summed E-state index contributed by atoms with van der Waals surface area (Å²) in [6.45, 7) is 4.17. The van der Waals surface area contributed by atoms with Crippen LogP contribution in [-0.2, 0) is 0 Å². The maximum Gasteiger partial charge on any atom is 0.153 e. The first-order valence-corrected chi connectivity index (χ1v) is 4.56. The molecule has 0 aliphatic rings. The molecule has 0 radical (unpaired) electrons. The van der Waals surface area contributed by atoms with Crippen LogP contribution >= 0.6 is 11.6 Å². The summed E-state index contributed by atoms with van der Waals surface area (Å²) in [6.07, 6.45) is 3.49. The van der Waals surface area contributed by atoms with Crippen LogP contribution in [0.25, 0.3) is 5.65 Å². The van der Waals surface area contributed by atoms with Gasteiger partial charge in [-0.15, -0.1) is 0 Å². The normalized spacial score (nSPS) is 11.4. The van der Waals surface area contributed by atoms with Gasteiger partial charge in [0.25, 0.3) is 0 Å². The van der Waals surface area contributed by atoms with E-state index >= 15 is 0 Å². The van der Waals surface area contributed by atoms with E-state index in [4.69, 9.17) is 11.6 Å². The lowest BCUT2D eigenvalue weighted by Gasteiger charge is -2.06. The molecule has 0 N–H and O–H groups in total. The SMILES string of the molecule is CC(C)c1cc2nccn2nc1Cl. The van der Waals surface area contributed by atoms with Crippen LogP contribution in [0.4, 0.5) is 0 Å². The van der Waals surface area contributed by atoms with E-state index in [1.54, 1.807) is 16.9 Å². The number of imidazole rings is 1. The molecule has 0 unspecified atom stereocenters. The first-order chi connectivity index (χ1) is 6.18. The van der Waals surface area contributed by atoms with E-state index in [0.717, 1.165) is 11.2 Å². The van der Waals surface area contributed by atoms with Crippen molar-refractivity contribution in [3.63, 3.8) is 0 Å². The van der Waals surface area contributed by atoms with E-state index in [2.05, 4.69) is 23.9 Å². The molecule has 2 aromatic rings. The Balaban J connectivity index is 2.69. The average Bonchev–Trinajstić information content (AvgIpc) is 2.48. The van der Waals surface area contributed by atoms with Crippen molar-refractivity contribution >= 4 is 17.2 Å². The lowest BCUT2D eigenvalue weighted by atomic mass is 10.1. The van der Waals surface area contributed by atoms with Crippen LogP contribution in [-0.4, -0.2) is 14.6 Å². The number of halogens is 1. The van der Waals surface area contributed by atoms with Gasteiger partial charge in [-0.2, -0.15) is 5.10 Å². The van der Waals surface area contributed by atoms with Crippen molar-refractivity contribution in [1.29, 1.82) is 0 Å². The monoisotopic (exact) mass is 195 g/mol. The Bertz CT molecular complexity index is 433. The molecule has 0 atom stereocenters. The first kappa shape index (κ1) is 8.51. The highest BCUT2D eigenvalue weighted by molar-refractivity contribution is 6.30. The molecular weight excluding hydrogens is 186 g/mol. The Hall–Kier alpha value is -1.09. The third kappa shape index (κ3) is 1.40. The van der Waals surface area contributed by atoms with Gasteiger partial charge in [0, 0.05) is 12.4 Å². The fourth-order valence-corrected chi connectivity index (χ4v) is 1.61. The zero-order valence-corrected chi connectivity index (χ0v) is 8.28. The van der Waals surface area contributed by atoms with Gasteiger partial charge in [-0.05, 0) is 17.5 Å². The quantitative estimate of drug-likeness (QED) is 0.700. The fraction of sp³-hybridized carbons (Fsp3) is 0.333. The predicted octanol–water partition coefficient (Wildman–Crippen LogP) is 2.51. The Labute approximate surface area is 81.4 Å². The molecule has 2 rings (SSSR count). The van der Waals surface area contributed by atoms with E-state index in [-0.39, 0.29) is 0 Å². The number of hydrogen-bond acceptors (Lipinski definition) is 2. The minimum absolute atomic E-state index is 0.377. The summed E-state index contributed by atoms with van der Waals surface area (Å²) in [6, 6.07) is 1.97. The number of fused-ring (bicyclic) bond motifs is 1. The molecule has 0 aliphatic carbocycles. The molecule has 0 amide bonds. The van der Waals surface area contributed by atoms with E-state index in [1.165, 1.54) is 0 Å². The second-order valence-electron chi connectivity index (χ2n) is 3.28. The topological polar surface area (TPSA) is 30.2 Å². The molecule has 68 valence electrons. The van der Waals surface area contributed by atoms with Gasteiger partial charge < -0.3 is 0 Å². The second kappa shape index (κ2) is 3.00. The Kier molecular flexibility index (Phi) is 1.96. The Morgan fingerprint density at radius 2 is 2.23 bits per heavy atom. The Morgan fingerprint density at radius 3 is 2.92 bits per heavy atom. The molecule has 13 heavy (non-hydrogen) atoms. The van der Waals surface area contributed by atoms with E-state index in [9.17, 15) is 0 Å². The van der Waals surface area contributed by atoms with Crippen molar-refractivity contribution in [1.82, 2.24) is 14.6 Å². The van der Waals surface area contributed by atoms with Crippen LogP contribution in [0.1, 0.15) is 25.3 Å².